The molecule has 0 saturated carbocycles. The second-order valence-corrected chi connectivity index (χ2v) is 13.7. The van der Waals surface area contributed by atoms with Crippen LogP contribution in [0.4, 0.5) is 17.1 Å². The van der Waals surface area contributed by atoms with Crippen molar-refractivity contribution in [2.75, 3.05) is 0 Å². The van der Waals surface area contributed by atoms with E-state index >= 15 is 0 Å². The quantitative estimate of drug-likeness (QED) is 0.141. The van der Waals surface area contributed by atoms with Crippen LogP contribution < -0.4 is 0 Å². The number of aliphatic imine (C=N–C) groups is 3. The van der Waals surface area contributed by atoms with Crippen molar-refractivity contribution >= 4 is 63.0 Å². The molecule has 0 aliphatic carbocycles. The van der Waals surface area contributed by atoms with E-state index in [-0.39, 0.29) is 20.4 Å². The van der Waals surface area contributed by atoms with Crippen molar-refractivity contribution in [3.05, 3.63) is 108 Å². The SMILES string of the molecule is C=C[CH2-].CC(=Nc1c(C)cccc1C)C([C-]=Nc1c(C)cccc1C)=Nc1c(C)cccc1C.[Br][Co][Br].[Pd+2]. The van der Waals surface area contributed by atoms with Crippen molar-refractivity contribution in [1.82, 2.24) is 0 Å². The maximum Gasteiger partial charge on any atom is 2.00 e. The summed E-state index contributed by atoms with van der Waals surface area (Å²) in [6.07, 6.45) is 4.72. The number of aryl methyl sites for hydroxylation is 6. The fourth-order valence-electron chi connectivity index (χ4n) is 3.57. The third-order valence-corrected chi connectivity index (χ3v) is 5.44. The maximum absolute atomic E-state index is 4.97. The third kappa shape index (κ3) is 11.7. The Balaban J connectivity index is 0.00000179. The Labute approximate surface area is 263 Å². The number of rotatable bonds is 5. The second-order valence-electron chi connectivity index (χ2n) is 8.44. The van der Waals surface area contributed by atoms with Crippen LogP contribution in [-0.2, 0) is 31.5 Å². The van der Waals surface area contributed by atoms with Gasteiger partial charge in [0.15, 0.2) is 0 Å². The van der Waals surface area contributed by atoms with Crippen LogP contribution in [0.1, 0.15) is 40.3 Å². The molecule has 0 N–H and O–H groups in total. The minimum absolute atomic E-state index is 0. The summed E-state index contributed by atoms with van der Waals surface area (Å²) in [6.45, 7) is 20.9. The molecule has 0 bridgehead atoms. The van der Waals surface area contributed by atoms with E-state index in [1.54, 1.807) is 0 Å². The molecule has 0 aromatic heterocycles. The van der Waals surface area contributed by atoms with E-state index in [1.165, 1.54) is 6.08 Å². The predicted molar refractivity (Wildman–Crippen MR) is 168 cm³/mol. The summed E-state index contributed by atoms with van der Waals surface area (Å²) >= 11 is 7.12. The van der Waals surface area contributed by atoms with Crippen molar-refractivity contribution in [1.29, 1.82) is 0 Å². The summed E-state index contributed by atoms with van der Waals surface area (Å²) in [4.78, 5) is 14.6. The minimum Gasteiger partial charge on any atom is 2.00 e. The average molecular weight is 775 g/mol. The van der Waals surface area contributed by atoms with Crippen molar-refractivity contribution < 1.29 is 31.5 Å². The smallest absolute Gasteiger partial charge is 2.00 e. The monoisotopic (exact) mass is 772 g/mol. The van der Waals surface area contributed by atoms with Crippen LogP contribution in [0.2, 0.25) is 0 Å². The van der Waals surface area contributed by atoms with Gasteiger partial charge in [-0.25, -0.2) is 19.6 Å². The molecule has 0 aliphatic heterocycles. The zero-order valence-corrected chi connectivity index (χ0v) is 28.7. The maximum atomic E-state index is 4.97. The van der Waals surface area contributed by atoms with Gasteiger partial charge >= 0.3 is 59.9 Å². The summed E-state index contributed by atoms with van der Waals surface area (Å²) in [5, 5.41) is 0. The van der Waals surface area contributed by atoms with Crippen LogP contribution in [0.15, 0.2) is 82.2 Å². The van der Waals surface area contributed by atoms with Gasteiger partial charge in [-0.1, -0.05) is 78.9 Å². The average Bonchev–Trinajstić information content (AvgIpc) is 2.83. The Morgan fingerprint density at radius 2 is 1.03 bits per heavy atom. The van der Waals surface area contributed by atoms with E-state index in [0.29, 0.717) is 5.71 Å². The first-order chi connectivity index (χ1) is 17.6. The fraction of sp³-hybridized carbons (Fsp3) is 0.226. The Hall–Kier alpha value is -1.59. The van der Waals surface area contributed by atoms with Gasteiger partial charge in [0.1, 0.15) is 0 Å². The van der Waals surface area contributed by atoms with Gasteiger partial charge in [-0.2, -0.15) is 0 Å². The largest absolute Gasteiger partial charge is 2.00 e. The molecule has 0 spiro atoms. The predicted octanol–water partition coefficient (Wildman–Crippen LogP) is 10.4. The molecule has 3 aromatic rings. The first-order valence-corrected chi connectivity index (χ1v) is 16.8. The summed E-state index contributed by atoms with van der Waals surface area (Å²) in [5.41, 5.74) is 11.0. The zero-order valence-electron chi connectivity index (χ0n) is 22.9. The van der Waals surface area contributed by atoms with Gasteiger partial charge in [0.25, 0.3) is 0 Å². The van der Waals surface area contributed by atoms with Gasteiger partial charge < -0.3 is 9.98 Å². The van der Waals surface area contributed by atoms with Gasteiger partial charge in [-0.05, 0) is 80.9 Å². The van der Waals surface area contributed by atoms with Crippen LogP contribution in [0.25, 0.3) is 0 Å². The van der Waals surface area contributed by atoms with E-state index in [4.69, 9.17) is 15.0 Å². The summed E-state index contributed by atoms with van der Waals surface area (Å²) in [6, 6.07) is 18.6. The van der Waals surface area contributed by atoms with Gasteiger partial charge in [0.2, 0.25) is 0 Å². The van der Waals surface area contributed by atoms with Crippen LogP contribution in [-0.4, -0.2) is 17.6 Å². The standard InChI is InChI=1S/C28H30N3.C3H5.2BrH.Co.Pd/c1-18-11-8-12-19(2)26(18)29-17-25(31-28-22(5)15-10-16-23(28)6)24(7)30-27-20(3)13-9-14-21(27)4;1-3-2;;;;/h8-16H,1-7H3;3H,1-2H2;2*1H;;/q2*-1;;;2*+2/p-2. The Kier molecular flexibility index (Phi) is 18.6. The number of halogens is 2. The number of allylic oxidation sites excluding steroid dienone is 1. The fourth-order valence-corrected chi connectivity index (χ4v) is 3.57. The molecule has 0 atom stereocenters. The van der Waals surface area contributed by atoms with Crippen molar-refractivity contribution in [2.45, 2.75) is 48.5 Å². The Morgan fingerprint density at radius 1 is 0.737 bits per heavy atom. The van der Waals surface area contributed by atoms with Crippen molar-refractivity contribution in [2.24, 2.45) is 15.0 Å². The first kappa shape index (κ1) is 36.4. The first-order valence-electron chi connectivity index (χ1n) is 11.6. The third-order valence-electron chi connectivity index (χ3n) is 5.44. The molecule has 3 rings (SSSR count). The van der Waals surface area contributed by atoms with Gasteiger partial charge in [0.05, 0.1) is 11.4 Å². The summed E-state index contributed by atoms with van der Waals surface area (Å²) in [5.74, 6) is 0. The van der Waals surface area contributed by atoms with E-state index < -0.39 is 0 Å². The van der Waals surface area contributed by atoms with Crippen LogP contribution >= 0.6 is 28.3 Å². The molecular weight excluding hydrogens is 740 g/mol. The number of para-hydroxylation sites is 3. The molecule has 3 aromatic carbocycles. The topological polar surface area (TPSA) is 37.1 Å². The number of benzene rings is 3. The molecule has 0 aliphatic rings. The molecule has 0 unspecified atom stereocenters. The molecule has 0 fully saturated rings. The molecule has 7 heteroatoms. The molecule has 0 saturated heterocycles. The summed E-state index contributed by atoms with van der Waals surface area (Å²) in [7, 11) is 0. The Morgan fingerprint density at radius 3 is 1.37 bits per heavy atom. The number of nitrogens with zero attached hydrogens (tertiary/aromatic N) is 3. The molecule has 38 heavy (non-hydrogen) atoms. The summed E-state index contributed by atoms with van der Waals surface area (Å²) < 4.78 is 0. The zero-order chi connectivity index (χ0) is 28.0. The molecular formula is C31H35Br2CoN3Pd. The second kappa shape index (κ2) is 19.5. The van der Waals surface area contributed by atoms with Gasteiger partial charge in [0, 0.05) is 0 Å². The van der Waals surface area contributed by atoms with Gasteiger partial charge in [-0.3, -0.25) is 4.99 Å². The van der Waals surface area contributed by atoms with E-state index in [2.05, 4.69) is 138 Å². The van der Waals surface area contributed by atoms with E-state index in [9.17, 15) is 0 Å². The Bertz CT molecular complexity index is 1220. The van der Waals surface area contributed by atoms with E-state index in [1.807, 2.05) is 13.0 Å². The van der Waals surface area contributed by atoms with Crippen LogP contribution in [0, 0.1) is 48.5 Å². The number of hydrogen-bond donors (Lipinski definition) is 0. The minimum atomic E-state index is 0. The van der Waals surface area contributed by atoms with Gasteiger partial charge in [-0.15, -0.1) is 0 Å². The molecule has 3 nitrogen and oxygen atoms in total. The van der Waals surface area contributed by atoms with Crippen LogP contribution in [0.3, 0.4) is 0 Å². The molecule has 207 valence electrons. The van der Waals surface area contributed by atoms with Crippen LogP contribution in [0.5, 0.6) is 0 Å². The van der Waals surface area contributed by atoms with Crippen molar-refractivity contribution in [3.8, 4) is 0 Å². The normalized spacial score (nSPS) is 11.2. The van der Waals surface area contributed by atoms with Crippen molar-refractivity contribution in [3.63, 3.8) is 0 Å². The number of hydrogen-bond acceptors (Lipinski definition) is 3. The molecule has 0 amide bonds. The molecule has 0 heterocycles. The van der Waals surface area contributed by atoms with E-state index in [0.717, 1.165) is 67.3 Å². The molecule has 0 radical (unpaired) electrons.